The highest BCUT2D eigenvalue weighted by molar-refractivity contribution is 9.10. The molecule has 5 nitrogen and oxygen atoms in total. The van der Waals surface area contributed by atoms with Gasteiger partial charge in [-0.1, -0.05) is 15.9 Å². The fraction of sp³-hybridized carbons (Fsp3) is 0.500. The van der Waals surface area contributed by atoms with Gasteiger partial charge in [-0.3, -0.25) is 9.59 Å². The maximum absolute atomic E-state index is 12.3. The maximum atomic E-state index is 12.3. The van der Waals surface area contributed by atoms with E-state index >= 15 is 0 Å². The van der Waals surface area contributed by atoms with Crippen molar-refractivity contribution >= 4 is 27.6 Å². The largest absolute Gasteiger partial charge is 0.376 e. The molecule has 0 radical (unpaired) electrons. The second-order valence-corrected chi connectivity index (χ2v) is 6.40. The Labute approximate surface area is 137 Å². The predicted octanol–water partition coefficient (Wildman–Crippen LogP) is 2.11. The number of carbonyl (C=O) groups excluding carboxylic acids is 2. The van der Waals surface area contributed by atoms with E-state index in [-0.39, 0.29) is 17.8 Å². The molecule has 0 bridgehead atoms. The number of ether oxygens (including phenoxy) is 2. The van der Waals surface area contributed by atoms with Gasteiger partial charge in [-0.05, 0) is 30.5 Å². The first-order valence-electron chi connectivity index (χ1n) is 7.48. The van der Waals surface area contributed by atoms with Gasteiger partial charge in [-0.15, -0.1) is 0 Å². The van der Waals surface area contributed by atoms with Crippen molar-refractivity contribution in [1.29, 1.82) is 0 Å². The van der Waals surface area contributed by atoms with Gasteiger partial charge in [-0.2, -0.15) is 0 Å². The van der Waals surface area contributed by atoms with E-state index in [0.717, 1.165) is 24.0 Å². The molecule has 2 aliphatic rings. The fourth-order valence-electron chi connectivity index (χ4n) is 2.83. The maximum Gasteiger partial charge on any atom is 0.251 e. The van der Waals surface area contributed by atoms with E-state index in [1.54, 1.807) is 6.07 Å². The topological polar surface area (TPSA) is 64.6 Å². The summed E-state index contributed by atoms with van der Waals surface area (Å²) in [4.78, 5) is 24.3. The summed E-state index contributed by atoms with van der Waals surface area (Å²) in [5, 5.41) is 2.86. The minimum absolute atomic E-state index is 0.0969. The zero-order valence-electron chi connectivity index (χ0n) is 12.2. The minimum atomic E-state index is -0.157. The Bertz CT molecular complexity index is 596. The molecule has 1 atom stereocenters. The predicted molar refractivity (Wildman–Crippen MR) is 84.3 cm³/mol. The molecule has 1 aliphatic heterocycles. The Morgan fingerprint density at radius 1 is 1.32 bits per heavy atom. The number of amides is 1. The molecule has 6 heteroatoms. The first kappa shape index (κ1) is 15.6. The molecule has 3 rings (SSSR count). The third-order valence-corrected chi connectivity index (χ3v) is 4.56. The van der Waals surface area contributed by atoms with Crippen molar-refractivity contribution in [3.05, 3.63) is 33.3 Å². The molecule has 1 saturated heterocycles. The summed E-state index contributed by atoms with van der Waals surface area (Å²) in [5.74, 6) is -0.0106. The molecule has 1 aliphatic carbocycles. The summed E-state index contributed by atoms with van der Waals surface area (Å²) < 4.78 is 11.5. The van der Waals surface area contributed by atoms with Gasteiger partial charge in [0.1, 0.15) is 0 Å². The molecule has 1 heterocycles. The number of fused-ring (bicyclic) bond motifs is 1. The Morgan fingerprint density at radius 3 is 2.95 bits per heavy atom. The SMILES string of the molecule is O=C(NC[C@@H]1COCCO1)c1cc(Br)c2c(c1)CCCC2=O. The molecular weight excluding hydrogens is 350 g/mol. The number of hydrogen-bond donors (Lipinski definition) is 1. The van der Waals surface area contributed by atoms with E-state index in [2.05, 4.69) is 21.2 Å². The van der Waals surface area contributed by atoms with Gasteiger partial charge in [0.05, 0.1) is 25.9 Å². The molecule has 1 aromatic rings. The summed E-state index contributed by atoms with van der Waals surface area (Å²) in [6.07, 6.45) is 2.16. The molecule has 0 aromatic heterocycles. The zero-order valence-corrected chi connectivity index (χ0v) is 13.8. The number of carbonyl (C=O) groups is 2. The van der Waals surface area contributed by atoms with E-state index in [0.29, 0.717) is 42.8 Å². The van der Waals surface area contributed by atoms with Gasteiger partial charge in [-0.25, -0.2) is 0 Å². The summed E-state index contributed by atoms with van der Waals surface area (Å²) in [6.45, 7) is 2.10. The molecular formula is C16H18BrNO4. The molecule has 0 saturated carbocycles. The second kappa shape index (κ2) is 6.89. The average molecular weight is 368 g/mol. The number of aryl methyl sites for hydroxylation is 1. The number of ketones is 1. The highest BCUT2D eigenvalue weighted by atomic mass is 79.9. The van der Waals surface area contributed by atoms with E-state index in [4.69, 9.17) is 9.47 Å². The van der Waals surface area contributed by atoms with E-state index in [1.807, 2.05) is 6.07 Å². The van der Waals surface area contributed by atoms with Crippen LogP contribution in [0, 0.1) is 0 Å². The van der Waals surface area contributed by atoms with Gasteiger partial charge in [0, 0.05) is 28.6 Å². The Morgan fingerprint density at radius 2 is 2.18 bits per heavy atom. The standard InChI is InChI=1S/C16H18BrNO4/c17-13-7-11(6-10-2-1-3-14(19)15(10)13)16(20)18-8-12-9-21-4-5-22-12/h6-7,12H,1-5,8-9H2,(H,18,20)/t12-/m1/s1. The quantitative estimate of drug-likeness (QED) is 0.888. The first-order chi connectivity index (χ1) is 10.6. The van der Waals surface area contributed by atoms with Crippen molar-refractivity contribution in [2.45, 2.75) is 25.4 Å². The number of rotatable bonds is 3. The lowest BCUT2D eigenvalue weighted by Gasteiger charge is -2.23. The summed E-state index contributed by atoms with van der Waals surface area (Å²) in [7, 11) is 0. The Kier molecular flexibility index (Phi) is 4.90. The number of halogens is 1. The monoisotopic (exact) mass is 367 g/mol. The van der Waals surface area contributed by atoms with E-state index in [1.165, 1.54) is 0 Å². The lowest BCUT2D eigenvalue weighted by atomic mass is 9.89. The van der Waals surface area contributed by atoms with Crippen molar-refractivity contribution in [3.63, 3.8) is 0 Å². The van der Waals surface area contributed by atoms with Crippen LogP contribution in [0.2, 0.25) is 0 Å². The third kappa shape index (κ3) is 3.39. The van der Waals surface area contributed by atoms with Crippen LogP contribution in [0.3, 0.4) is 0 Å². The summed E-state index contributed by atoms with van der Waals surface area (Å²) in [5.41, 5.74) is 2.25. The van der Waals surface area contributed by atoms with Crippen molar-refractivity contribution in [3.8, 4) is 0 Å². The van der Waals surface area contributed by atoms with Crippen LogP contribution in [-0.4, -0.2) is 44.2 Å². The van der Waals surface area contributed by atoms with Gasteiger partial charge in [0.25, 0.3) is 5.91 Å². The molecule has 1 amide bonds. The molecule has 1 N–H and O–H groups in total. The van der Waals surface area contributed by atoms with Crippen molar-refractivity contribution in [2.75, 3.05) is 26.4 Å². The molecule has 118 valence electrons. The minimum Gasteiger partial charge on any atom is -0.376 e. The van der Waals surface area contributed by atoms with Crippen LogP contribution in [0.1, 0.15) is 39.1 Å². The summed E-state index contributed by atoms with van der Waals surface area (Å²) in [6, 6.07) is 3.54. The number of Topliss-reactive ketones (excluding diaryl/α,β-unsaturated/α-hetero) is 1. The van der Waals surface area contributed by atoms with Crippen LogP contribution in [0.15, 0.2) is 16.6 Å². The normalized spacial score (nSPS) is 21.3. The lowest BCUT2D eigenvalue weighted by Crippen LogP contribution is -2.39. The first-order valence-corrected chi connectivity index (χ1v) is 8.27. The van der Waals surface area contributed by atoms with Gasteiger partial charge >= 0.3 is 0 Å². The van der Waals surface area contributed by atoms with Crippen LogP contribution in [0.25, 0.3) is 0 Å². The number of hydrogen-bond acceptors (Lipinski definition) is 4. The van der Waals surface area contributed by atoms with Gasteiger partial charge < -0.3 is 14.8 Å². The fourth-order valence-corrected chi connectivity index (χ4v) is 3.55. The Balaban J connectivity index is 1.70. The lowest BCUT2D eigenvalue weighted by molar-refractivity contribution is -0.0855. The highest BCUT2D eigenvalue weighted by Crippen LogP contribution is 2.29. The van der Waals surface area contributed by atoms with Crippen LogP contribution in [0.5, 0.6) is 0 Å². The molecule has 1 fully saturated rings. The third-order valence-electron chi connectivity index (χ3n) is 3.94. The van der Waals surface area contributed by atoms with Crippen molar-refractivity contribution in [1.82, 2.24) is 5.32 Å². The van der Waals surface area contributed by atoms with Gasteiger partial charge in [0.2, 0.25) is 0 Å². The second-order valence-electron chi connectivity index (χ2n) is 5.55. The smallest absolute Gasteiger partial charge is 0.251 e. The van der Waals surface area contributed by atoms with E-state index < -0.39 is 0 Å². The van der Waals surface area contributed by atoms with E-state index in [9.17, 15) is 9.59 Å². The van der Waals surface area contributed by atoms with Gasteiger partial charge in [0.15, 0.2) is 5.78 Å². The average Bonchev–Trinajstić information content (AvgIpc) is 2.53. The number of benzene rings is 1. The molecule has 0 unspecified atom stereocenters. The molecule has 0 spiro atoms. The van der Waals surface area contributed by atoms with Crippen molar-refractivity contribution in [2.24, 2.45) is 0 Å². The van der Waals surface area contributed by atoms with Crippen molar-refractivity contribution < 1.29 is 19.1 Å². The molecule has 1 aromatic carbocycles. The zero-order chi connectivity index (χ0) is 15.5. The van der Waals surface area contributed by atoms with Crippen LogP contribution in [-0.2, 0) is 15.9 Å². The Hall–Kier alpha value is -1.24. The van der Waals surface area contributed by atoms with Crippen LogP contribution >= 0.6 is 15.9 Å². The summed E-state index contributed by atoms with van der Waals surface area (Å²) >= 11 is 3.42. The highest BCUT2D eigenvalue weighted by Gasteiger charge is 2.22. The van der Waals surface area contributed by atoms with Crippen LogP contribution in [0.4, 0.5) is 0 Å². The number of nitrogens with one attached hydrogen (secondary N) is 1. The molecule has 22 heavy (non-hydrogen) atoms. The van der Waals surface area contributed by atoms with Crippen LogP contribution < -0.4 is 5.32 Å².